The molecule has 0 atom stereocenters. The number of piperidine rings is 1. The lowest BCUT2D eigenvalue weighted by Gasteiger charge is -2.33. The van der Waals surface area contributed by atoms with Crippen LogP contribution in [-0.2, 0) is 6.54 Å². The second kappa shape index (κ2) is 10.3. The van der Waals surface area contributed by atoms with Gasteiger partial charge in [0.15, 0.2) is 0 Å². The fourth-order valence-electron chi connectivity index (χ4n) is 5.57. The van der Waals surface area contributed by atoms with E-state index in [9.17, 15) is 10.1 Å². The number of piperazine rings is 1. The summed E-state index contributed by atoms with van der Waals surface area (Å²) in [7, 11) is 2.15. The van der Waals surface area contributed by atoms with Gasteiger partial charge in [0.05, 0.1) is 29.2 Å². The highest BCUT2D eigenvalue weighted by atomic mass is 16.1. The van der Waals surface area contributed by atoms with Gasteiger partial charge in [0, 0.05) is 57.9 Å². The number of pyridine rings is 2. The molecule has 2 aromatic heterocycles. The minimum atomic E-state index is -0.0775. The van der Waals surface area contributed by atoms with Crippen molar-refractivity contribution in [3.05, 3.63) is 59.9 Å². The molecule has 3 aromatic rings. The van der Waals surface area contributed by atoms with Crippen LogP contribution < -0.4 is 20.4 Å². The number of likely N-dealkylation sites (N-methyl/N-ethyl adjacent to an activating group) is 1. The molecule has 0 radical (unpaired) electrons. The van der Waals surface area contributed by atoms with Gasteiger partial charge in [0.2, 0.25) is 0 Å². The number of hydrogen-bond acceptors (Lipinski definition) is 8. The Kier molecular flexibility index (Phi) is 6.56. The van der Waals surface area contributed by atoms with Gasteiger partial charge in [-0.15, -0.1) is 0 Å². The number of anilines is 4. The number of hydrogen-bond donors (Lipinski definition) is 2. The summed E-state index contributed by atoms with van der Waals surface area (Å²) in [5.41, 5.74) is 5.58. The zero-order valence-corrected chi connectivity index (χ0v) is 21.7. The monoisotopic (exact) mass is 508 g/mol. The topological polar surface area (TPSA) is 100 Å². The molecule has 194 valence electrons. The van der Waals surface area contributed by atoms with Crippen LogP contribution in [0, 0.1) is 17.2 Å². The highest BCUT2D eigenvalue weighted by Gasteiger charge is 2.27. The van der Waals surface area contributed by atoms with E-state index in [4.69, 9.17) is 0 Å². The average molecular weight is 509 g/mol. The van der Waals surface area contributed by atoms with Crippen LogP contribution in [0.4, 0.5) is 23.0 Å². The Morgan fingerprint density at radius 1 is 1.00 bits per heavy atom. The highest BCUT2D eigenvalue weighted by molar-refractivity contribution is 6.06. The van der Waals surface area contributed by atoms with Gasteiger partial charge >= 0.3 is 0 Å². The van der Waals surface area contributed by atoms with E-state index >= 15 is 0 Å². The van der Waals surface area contributed by atoms with E-state index in [0.717, 1.165) is 86.0 Å². The summed E-state index contributed by atoms with van der Waals surface area (Å²) in [6, 6.07) is 14.6. The molecule has 2 saturated heterocycles. The molecule has 1 amide bonds. The standard InChI is InChI=1S/C29H32N8O/c1-35-12-14-36(15-13-35)22-2-5-26(32-18-22)34-25-4-3-23(24-19-33-29(38)28(24)25)21-6-9-31-27(16-21)37-10-7-20(17-30)8-11-37/h2-6,9,16,18,20H,7-8,10-15,19H2,1H3,(H,32,34)(H,33,38). The van der Waals surface area contributed by atoms with Crippen LogP contribution in [0.15, 0.2) is 48.8 Å². The van der Waals surface area contributed by atoms with Crippen LogP contribution in [0.1, 0.15) is 28.8 Å². The fourth-order valence-corrected chi connectivity index (χ4v) is 5.57. The largest absolute Gasteiger partial charge is 0.368 e. The third kappa shape index (κ3) is 4.75. The zero-order chi connectivity index (χ0) is 26.1. The van der Waals surface area contributed by atoms with Crippen LogP contribution in [-0.4, -0.2) is 67.1 Å². The number of aromatic nitrogens is 2. The number of benzene rings is 1. The molecule has 3 aliphatic heterocycles. The Hall–Kier alpha value is -4.16. The van der Waals surface area contributed by atoms with Gasteiger partial charge in [-0.3, -0.25) is 4.79 Å². The van der Waals surface area contributed by atoms with Crippen molar-refractivity contribution in [3.63, 3.8) is 0 Å². The molecule has 0 saturated carbocycles. The highest BCUT2D eigenvalue weighted by Crippen LogP contribution is 2.36. The lowest BCUT2D eigenvalue weighted by atomic mass is 9.95. The van der Waals surface area contributed by atoms with Crippen LogP contribution >= 0.6 is 0 Å². The van der Waals surface area contributed by atoms with Crippen molar-refractivity contribution in [2.45, 2.75) is 19.4 Å². The van der Waals surface area contributed by atoms with Gasteiger partial charge in [-0.05, 0) is 66.9 Å². The van der Waals surface area contributed by atoms with Crippen molar-refractivity contribution in [2.75, 3.05) is 61.4 Å². The summed E-state index contributed by atoms with van der Waals surface area (Å²) in [6.45, 7) is 6.23. The number of fused-ring (bicyclic) bond motifs is 1. The molecule has 9 nitrogen and oxygen atoms in total. The third-order valence-electron chi connectivity index (χ3n) is 7.90. The van der Waals surface area contributed by atoms with Crippen molar-refractivity contribution in [1.29, 1.82) is 5.26 Å². The van der Waals surface area contributed by atoms with E-state index < -0.39 is 0 Å². The van der Waals surface area contributed by atoms with E-state index in [2.05, 4.69) is 66.6 Å². The first kappa shape index (κ1) is 24.2. The quantitative estimate of drug-likeness (QED) is 0.539. The maximum atomic E-state index is 12.9. The average Bonchev–Trinajstić information content (AvgIpc) is 3.36. The van der Waals surface area contributed by atoms with Gasteiger partial charge in [-0.2, -0.15) is 5.26 Å². The van der Waals surface area contributed by atoms with E-state index in [0.29, 0.717) is 17.9 Å². The van der Waals surface area contributed by atoms with Gasteiger partial charge in [0.1, 0.15) is 11.6 Å². The first-order valence-electron chi connectivity index (χ1n) is 13.3. The Bertz CT molecular complexity index is 1370. The molecule has 2 fully saturated rings. The normalized spacial score (nSPS) is 18.2. The second-order valence-corrected chi connectivity index (χ2v) is 10.3. The predicted molar refractivity (Wildman–Crippen MR) is 149 cm³/mol. The summed E-state index contributed by atoms with van der Waals surface area (Å²) in [5.74, 6) is 1.68. The first-order valence-corrected chi connectivity index (χ1v) is 13.3. The number of carbonyl (C=O) groups excluding carboxylic acids is 1. The molecule has 3 aliphatic rings. The van der Waals surface area contributed by atoms with Crippen LogP contribution in [0.3, 0.4) is 0 Å². The molecule has 6 rings (SSSR count). The number of amides is 1. The fraction of sp³-hybridized carbons (Fsp3) is 0.379. The number of carbonyl (C=O) groups is 1. The van der Waals surface area contributed by atoms with Crippen molar-refractivity contribution >= 4 is 28.9 Å². The smallest absolute Gasteiger partial charge is 0.254 e. The maximum absolute atomic E-state index is 12.9. The molecule has 0 unspecified atom stereocenters. The van der Waals surface area contributed by atoms with E-state index in [1.54, 1.807) is 0 Å². The summed E-state index contributed by atoms with van der Waals surface area (Å²) in [4.78, 5) is 29.1. The third-order valence-corrected chi connectivity index (χ3v) is 7.90. The van der Waals surface area contributed by atoms with E-state index in [1.165, 1.54) is 0 Å². The van der Waals surface area contributed by atoms with Crippen molar-refractivity contribution in [2.24, 2.45) is 5.92 Å². The van der Waals surface area contributed by atoms with E-state index in [-0.39, 0.29) is 11.8 Å². The molecule has 5 heterocycles. The van der Waals surface area contributed by atoms with Gasteiger partial charge in [-0.1, -0.05) is 6.07 Å². The van der Waals surface area contributed by atoms with Crippen LogP contribution in [0.5, 0.6) is 0 Å². The molecular formula is C29H32N8O. The summed E-state index contributed by atoms with van der Waals surface area (Å²) in [5, 5.41) is 15.6. The summed E-state index contributed by atoms with van der Waals surface area (Å²) >= 11 is 0. The molecule has 0 spiro atoms. The molecule has 0 aliphatic carbocycles. The Balaban J connectivity index is 1.23. The van der Waals surface area contributed by atoms with Crippen LogP contribution in [0.25, 0.3) is 11.1 Å². The minimum Gasteiger partial charge on any atom is -0.368 e. The Morgan fingerprint density at radius 2 is 1.82 bits per heavy atom. The van der Waals surface area contributed by atoms with Crippen molar-refractivity contribution in [1.82, 2.24) is 20.2 Å². The SMILES string of the molecule is CN1CCN(c2ccc(Nc3ccc(-c4ccnc(N5CCC(C#N)CC5)c4)c4c3C(=O)NC4)nc2)CC1. The summed E-state index contributed by atoms with van der Waals surface area (Å²) in [6.07, 6.45) is 5.46. The van der Waals surface area contributed by atoms with Gasteiger partial charge in [0.25, 0.3) is 5.91 Å². The second-order valence-electron chi connectivity index (χ2n) is 10.3. The summed E-state index contributed by atoms with van der Waals surface area (Å²) < 4.78 is 0. The number of nitrogens with one attached hydrogen (secondary N) is 2. The first-order chi connectivity index (χ1) is 18.6. The van der Waals surface area contributed by atoms with Gasteiger partial charge < -0.3 is 25.3 Å². The number of rotatable bonds is 5. The lowest BCUT2D eigenvalue weighted by Crippen LogP contribution is -2.44. The predicted octanol–water partition coefficient (Wildman–Crippen LogP) is 3.62. The lowest BCUT2D eigenvalue weighted by molar-refractivity contribution is 0.0966. The van der Waals surface area contributed by atoms with Crippen LogP contribution in [0.2, 0.25) is 0 Å². The Morgan fingerprint density at radius 3 is 2.55 bits per heavy atom. The molecule has 0 bridgehead atoms. The minimum absolute atomic E-state index is 0.0775. The molecule has 38 heavy (non-hydrogen) atoms. The van der Waals surface area contributed by atoms with Crippen molar-refractivity contribution < 1.29 is 4.79 Å². The van der Waals surface area contributed by atoms with Crippen molar-refractivity contribution in [3.8, 4) is 17.2 Å². The molecular weight excluding hydrogens is 476 g/mol. The molecule has 1 aromatic carbocycles. The molecule has 2 N–H and O–H groups in total. The zero-order valence-electron chi connectivity index (χ0n) is 21.7. The Labute approximate surface area is 223 Å². The number of nitrogens with zero attached hydrogens (tertiary/aromatic N) is 6. The molecule has 9 heteroatoms. The maximum Gasteiger partial charge on any atom is 0.254 e. The van der Waals surface area contributed by atoms with Gasteiger partial charge in [-0.25, -0.2) is 9.97 Å². The number of nitriles is 1. The van der Waals surface area contributed by atoms with E-state index in [1.807, 2.05) is 30.6 Å².